The molecule has 0 aliphatic carbocycles. The number of hydrogen-bond acceptors (Lipinski definition) is 4. The van der Waals surface area contributed by atoms with Gasteiger partial charge in [0.05, 0.1) is 10.4 Å². The normalized spacial score (nSPS) is 13.7. The molecule has 0 saturated heterocycles. The fourth-order valence-electron chi connectivity index (χ4n) is 1.82. The molecule has 0 aromatic heterocycles. The van der Waals surface area contributed by atoms with Crippen LogP contribution in [0, 0.1) is 5.92 Å². The van der Waals surface area contributed by atoms with E-state index >= 15 is 0 Å². The van der Waals surface area contributed by atoms with Gasteiger partial charge in [0.2, 0.25) is 10.0 Å². The van der Waals surface area contributed by atoms with Crippen LogP contribution in [0.5, 0.6) is 0 Å². The van der Waals surface area contributed by atoms with E-state index in [-0.39, 0.29) is 47.8 Å². The van der Waals surface area contributed by atoms with E-state index in [1.54, 1.807) is 6.07 Å². The SMILES string of the molecule is C=CCNS(=O)(=O)c1cccc(C(=O)NC(C)(CN)C(C)C)c1.Cl. The van der Waals surface area contributed by atoms with Crippen LogP contribution in [-0.2, 0) is 10.0 Å². The Kier molecular flexibility index (Phi) is 8.63. The summed E-state index contributed by atoms with van der Waals surface area (Å²) in [6, 6.07) is 5.89. The predicted molar refractivity (Wildman–Crippen MR) is 98.8 cm³/mol. The molecule has 0 aliphatic rings. The molecular weight excluding hydrogens is 350 g/mol. The zero-order chi connectivity index (χ0) is 17.7. The Hall–Kier alpha value is -1.41. The molecule has 24 heavy (non-hydrogen) atoms. The Balaban J connectivity index is 0.00000529. The second-order valence-electron chi connectivity index (χ2n) is 5.90. The highest BCUT2D eigenvalue weighted by Crippen LogP contribution is 2.17. The standard InChI is InChI=1S/C16H25N3O3S.ClH/c1-5-9-18-23(21,22)14-8-6-7-13(10-14)15(20)19-16(4,11-17)12(2)3;/h5-8,10,12,18H,1,9,11,17H2,2-4H3,(H,19,20);1H. The van der Waals surface area contributed by atoms with Crippen molar-refractivity contribution >= 4 is 28.3 Å². The first-order valence-electron chi connectivity index (χ1n) is 7.39. The molecule has 1 rings (SSSR count). The second-order valence-corrected chi connectivity index (χ2v) is 7.67. The van der Waals surface area contributed by atoms with Gasteiger partial charge in [0.25, 0.3) is 5.91 Å². The average molecular weight is 376 g/mol. The van der Waals surface area contributed by atoms with Gasteiger partial charge in [0.1, 0.15) is 0 Å². The van der Waals surface area contributed by atoms with E-state index in [0.29, 0.717) is 0 Å². The van der Waals surface area contributed by atoms with E-state index in [9.17, 15) is 13.2 Å². The lowest BCUT2D eigenvalue weighted by atomic mass is 9.88. The Morgan fingerprint density at radius 3 is 2.54 bits per heavy atom. The van der Waals surface area contributed by atoms with Crippen LogP contribution in [0.15, 0.2) is 41.8 Å². The fourth-order valence-corrected chi connectivity index (χ4v) is 2.86. The summed E-state index contributed by atoms with van der Waals surface area (Å²) in [6.45, 7) is 9.67. The number of amides is 1. The van der Waals surface area contributed by atoms with Gasteiger partial charge < -0.3 is 11.1 Å². The van der Waals surface area contributed by atoms with Crippen molar-refractivity contribution in [3.63, 3.8) is 0 Å². The summed E-state index contributed by atoms with van der Waals surface area (Å²) < 4.78 is 26.6. The summed E-state index contributed by atoms with van der Waals surface area (Å²) in [4.78, 5) is 12.5. The van der Waals surface area contributed by atoms with Crippen LogP contribution < -0.4 is 15.8 Å². The first-order valence-corrected chi connectivity index (χ1v) is 8.88. The maximum absolute atomic E-state index is 12.4. The fraction of sp³-hybridized carbons (Fsp3) is 0.438. The van der Waals surface area contributed by atoms with Crippen LogP contribution in [0.25, 0.3) is 0 Å². The monoisotopic (exact) mass is 375 g/mol. The molecular formula is C16H26ClN3O3S. The van der Waals surface area contributed by atoms with Crippen LogP contribution in [-0.4, -0.2) is 33.0 Å². The molecule has 136 valence electrons. The van der Waals surface area contributed by atoms with Gasteiger partial charge >= 0.3 is 0 Å². The van der Waals surface area contributed by atoms with Gasteiger partial charge in [0.15, 0.2) is 0 Å². The molecule has 1 atom stereocenters. The third kappa shape index (κ3) is 5.59. The number of nitrogens with two attached hydrogens (primary N) is 1. The van der Waals surface area contributed by atoms with Crippen molar-refractivity contribution in [2.24, 2.45) is 11.7 Å². The van der Waals surface area contributed by atoms with Crippen molar-refractivity contribution in [3.8, 4) is 0 Å². The van der Waals surface area contributed by atoms with Crippen molar-refractivity contribution < 1.29 is 13.2 Å². The number of nitrogens with one attached hydrogen (secondary N) is 2. The minimum atomic E-state index is -3.67. The first kappa shape index (κ1) is 22.6. The van der Waals surface area contributed by atoms with E-state index < -0.39 is 15.6 Å². The topological polar surface area (TPSA) is 101 Å². The van der Waals surface area contributed by atoms with E-state index in [2.05, 4.69) is 16.6 Å². The highest BCUT2D eigenvalue weighted by atomic mass is 35.5. The van der Waals surface area contributed by atoms with Crippen molar-refractivity contribution in [3.05, 3.63) is 42.5 Å². The van der Waals surface area contributed by atoms with Gasteiger partial charge in [-0.05, 0) is 31.0 Å². The number of carbonyl (C=O) groups excluding carboxylic acids is 1. The van der Waals surface area contributed by atoms with Crippen molar-refractivity contribution in [2.75, 3.05) is 13.1 Å². The van der Waals surface area contributed by atoms with Crippen LogP contribution in [0.1, 0.15) is 31.1 Å². The Bertz CT molecular complexity index is 677. The lowest BCUT2D eigenvalue weighted by Crippen LogP contribution is -2.55. The maximum atomic E-state index is 12.4. The third-order valence-electron chi connectivity index (χ3n) is 3.92. The van der Waals surface area contributed by atoms with Gasteiger partial charge in [-0.25, -0.2) is 13.1 Å². The molecule has 0 saturated carbocycles. The van der Waals surface area contributed by atoms with E-state index in [1.165, 1.54) is 24.3 Å². The molecule has 0 fully saturated rings. The summed E-state index contributed by atoms with van der Waals surface area (Å²) in [5, 5.41) is 2.89. The Labute approximate surface area is 150 Å². The zero-order valence-corrected chi connectivity index (χ0v) is 15.8. The average Bonchev–Trinajstić information content (AvgIpc) is 2.52. The zero-order valence-electron chi connectivity index (χ0n) is 14.2. The van der Waals surface area contributed by atoms with Gasteiger partial charge in [0, 0.05) is 18.7 Å². The molecule has 0 aliphatic heterocycles. The molecule has 1 amide bonds. The number of rotatable bonds is 8. The minimum absolute atomic E-state index is 0. The highest BCUT2D eigenvalue weighted by molar-refractivity contribution is 7.89. The number of benzene rings is 1. The lowest BCUT2D eigenvalue weighted by Gasteiger charge is -2.33. The Morgan fingerprint density at radius 1 is 1.42 bits per heavy atom. The molecule has 1 unspecified atom stereocenters. The van der Waals surface area contributed by atoms with Crippen molar-refractivity contribution in [1.29, 1.82) is 0 Å². The van der Waals surface area contributed by atoms with Crippen LogP contribution in [0.3, 0.4) is 0 Å². The number of carbonyl (C=O) groups is 1. The maximum Gasteiger partial charge on any atom is 0.251 e. The first-order chi connectivity index (χ1) is 10.7. The van der Waals surface area contributed by atoms with Gasteiger partial charge in [-0.2, -0.15) is 0 Å². The third-order valence-corrected chi connectivity index (χ3v) is 5.34. The lowest BCUT2D eigenvalue weighted by molar-refractivity contribution is 0.0883. The summed E-state index contributed by atoms with van der Waals surface area (Å²) in [5.74, 6) is -0.218. The van der Waals surface area contributed by atoms with E-state index in [1.807, 2.05) is 20.8 Å². The minimum Gasteiger partial charge on any atom is -0.345 e. The van der Waals surface area contributed by atoms with Gasteiger partial charge in [-0.15, -0.1) is 19.0 Å². The number of halogens is 1. The number of sulfonamides is 1. The van der Waals surface area contributed by atoms with Gasteiger partial charge in [-0.3, -0.25) is 4.79 Å². The van der Waals surface area contributed by atoms with E-state index in [0.717, 1.165) is 0 Å². The number of hydrogen-bond donors (Lipinski definition) is 3. The molecule has 6 nitrogen and oxygen atoms in total. The summed E-state index contributed by atoms with van der Waals surface area (Å²) in [6.07, 6.45) is 1.45. The van der Waals surface area contributed by atoms with Gasteiger partial charge in [-0.1, -0.05) is 26.0 Å². The van der Waals surface area contributed by atoms with Crippen LogP contribution in [0.4, 0.5) is 0 Å². The van der Waals surface area contributed by atoms with Crippen LogP contribution >= 0.6 is 12.4 Å². The molecule has 0 bridgehead atoms. The molecule has 0 radical (unpaired) electrons. The molecule has 1 aromatic rings. The molecule has 0 spiro atoms. The molecule has 0 heterocycles. The van der Waals surface area contributed by atoms with E-state index in [4.69, 9.17) is 5.73 Å². The largest absolute Gasteiger partial charge is 0.345 e. The summed E-state index contributed by atoms with van der Waals surface area (Å²) in [7, 11) is -3.67. The summed E-state index contributed by atoms with van der Waals surface area (Å²) in [5.41, 5.74) is 5.47. The summed E-state index contributed by atoms with van der Waals surface area (Å²) >= 11 is 0. The van der Waals surface area contributed by atoms with Crippen molar-refractivity contribution in [1.82, 2.24) is 10.0 Å². The van der Waals surface area contributed by atoms with Crippen molar-refractivity contribution in [2.45, 2.75) is 31.2 Å². The molecule has 4 N–H and O–H groups in total. The second kappa shape index (κ2) is 9.17. The molecule has 1 aromatic carbocycles. The highest BCUT2D eigenvalue weighted by Gasteiger charge is 2.29. The predicted octanol–water partition coefficient (Wildman–Crippen LogP) is 1.68. The smallest absolute Gasteiger partial charge is 0.251 e. The van der Waals surface area contributed by atoms with Crippen LogP contribution in [0.2, 0.25) is 0 Å². The quantitative estimate of drug-likeness (QED) is 0.601. The Morgan fingerprint density at radius 2 is 2.04 bits per heavy atom. The molecule has 8 heteroatoms.